The highest BCUT2D eigenvalue weighted by atomic mass is 32.2. The molecule has 2 aromatic rings. The van der Waals surface area contributed by atoms with Gasteiger partial charge in [-0.3, -0.25) is 14.3 Å². The maximum absolute atomic E-state index is 12.8. The van der Waals surface area contributed by atoms with Gasteiger partial charge in [-0.1, -0.05) is 24.3 Å². The van der Waals surface area contributed by atoms with Crippen LogP contribution in [-0.2, 0) is 14.8 Å². The number of hydrogen-bond donors (Lipinski definition) is 1. The number of benzene rings is 2. The molecule has 0 atom stereocenters. The lowest BCUT2D eigenvalue weighted by Gasteiger charge is -2.27. The number of morpholine rings is 1. The summed E-state index contributed by atoms with van der Waals surface area (Å²) in [7, 11) is -3.95. The molecule has 27 heavy (non-hydrogen) atoms. The number of sulfonamides is 1. The van der Waals surface area contributed by atoms with Crippen molar-refractivity contribution >= 4 is 27.4 Å². The van der Waals surface area contributed by atoms with Crippen molar-refractivity contribution in [3.63, 3.8) is 0 Å². The van der Waals surface area contributed by atoms with Crippen molar-refractivity contribution in [2.75, 3.05) is 31.0 Å². The number of anilines is 1. The zero-order chi connectivity index (χ0) is 19.4. The highest BCUT2D eigenvalue weighted by molar-refractivity contribution is 7.92. The highest BCUT2D eigenvalue weighted by Crippen LogP contribution is 2.22. The van der Waals surface area contributed by atoms with E-state index >= 15 is 0 Å². The summed E-state index contributed by atoms with van der Waals surface area (Å²) in [5.74, 6) is -0.482. The molecule has 0 radical (unpaired) electrons. The Morgan fingerprint density at radius 3 is 2.44 bits per heavy atom. The summed E-state index contributed by atoms with van der Waals surface area (Å²) < 4.78 is 33.2. The van der Waals surface area contributed by atoms with E-state index in [2.05, 4.69) is 4.72 Å². The van der Waals surface area contributed by atoms with Gasteiger partial charge in [-0.05, 0) is 31.2 Å². The van der Waals surface area contributed by atoms with Gasteiger partial charge in [-0.2, -0.15) is 0 Å². The summed E-state index contributed by atoms with van der Waals surface area (Å²) in [6, 6.07) is 12.2. The third-order valence-electron chi connectivity index (χ3n) is 4.25. The van der Waals surface area contributed by atoms with E-state index in [0.29, 0.717) is 31.9 Å². The number of carbonyl (C=O) groups is 2. The standard InChI is InChI=1S/C19H20N2O5S/c1-14(22)15-5-4-6-16(13-15)27(24,25)20-18-8-3-2-7-17(18)19(23)21-9-11-26-12-10-21/h2-8,13,20H,9-12H2,1H3. The van der Waals surface area contributed by atoms with Crippen LogP contribution < -0.4 is 4.72 Å². The van der Waals surface area contributed by atoms with Crippen molar-refractivity contribution in [1.82, 2.24) is 4.90 Å². The maximum Gasteiger partial charge on any atom is 0.261 e. The number of ether oxygens (including phenoxy) is 1. The number of amides is 1. The van der Waals surface area contributed by atoms with Gasteiger partial charge in [-0.15, -0.1) is 0 Å². The molecular formula is C19H20N2O5S. The average molecular weight is 388 g/mol. The van der Waals surface area contributed by atoms with E-state index in [1.807, 2.05) is 0 Å². The Balaban J connectivity index is 1.90. The first-order chi connectivity index (χ1) is 12.9. The smallest absolute Gasteiger partial charge is 0.261 e. The largest absolute Gasteiger partial charge is 0.378 e. The van der Waals surface area contributed by atoms with Crippen LogP contribution in [0.15, 0.2) is 53.4 Å². The van der Waals surface area contributed by atoms with Crippen molar-refractivity contribution in [1.29, 1.82) is 0 Å². The maximum atomic E-state index is 12.8. The predicted octanol–water partition coefficient (Wildman–Crippen LogP) is 2.16. The number of Topliss-reactive ketones (excluding diaryl/α,β-unsaturated/α-hetero) is 1. The molecule has 3 rings (SSSR count). The van der Waals surface area contributed by atoms with Crippen LogP contribution in [0.3, 0.4) is 0 Å². The number of rotatable bonds is 5. The Kier molecular flexibility index (Phi) is 5.57. The SMILES string of the molecule is CC(=O)c1cccc(S(=O)(=O)Nc2ccccc2C(=O)N2CCOCC2)c1. The fourth-order valence-electron chi connectivity index (χ4n) is 2.78. The van der Waals surface area contributed by atoms with Crippen LogP contribution in [0.1, 0.15) is 27.6 Å². The van der Waals surface area contributed by atoms with Crippen LogP contribution in [0.25, 0.3) is 0 Å². The van der Waals surface area contributed by atoms with E-state index in [0.717, 1.165) is 0 Å². The molecule has 142 valence electrons. The van der Waals surface area contributed by atoms with Gasteiger partial charge in [0.1, 0.15) is 0 Å². The molecular weight excluding hydrogens is 368 g/mol. The Hall–Kier alpha value is -2.71. The Morgan fingerprint density at radius 2 is 1.74 bits per heavy atom. The molecule has 2 aromatic carbocycles. The lowest BCUT2D eigenvalue weighted by Crippen LogP contribution is -2.41. The van der Waals surface area contributed by atoms with Gasteiger partial charge >= 0.3 is 0 Å². The first-order valence-electron chi connectivity index (χ1n) is 8.48. The minimum absolute atomic E-state index is 0.0381. The summed E-state index contributed by atoms with van der Waals surface area (Å²) in [6.45, 7) is 3.20. The molecule has 0 spiro atoms. The fraction of sp³-hybridized carbons (Fsp3) is 0.263. The van der Waals surface area contributed by atoms with Gasteiger partial charge in [0, 0.05) is 18.7 Å². The molecule has 0 aromatic heterocycles. The topological polar surface area (TPSA) is 92.8 Å². The lowest BCUT2D eigenvalue weighted by atomic mass is 10.1. The first kappa shape index (κ1) is 19.1. The third kappa shape index (κ3) is 4.35. The van der Waals surface area contributed by atoms with Gasteiger partial charge in [-0.25, -0.2) is 8.42 Å². The number of hydrogen-bond acceptors (Lipinski definition) is 5. The lowest BCUT2D eigenvalue weighted by molar-refractivity contribution is 0.0303. The van der Waals surface area contributed by atoms with Crippen molar-refractivity contribution in [2.45, 2.75) is 11.8 Å². The van der Waals surface area contributed by atoms with Gasteiger partial charge in [0.05, 0.1) is 29.4 Å². The second-order valence-electron chi connectivity index (χ2n) is 6.14. The third-order valence-corrected chi connectivity index (χ3v) is 5.61. The number of nitrogens with one attached hydrogen (secondary N) is 1. The summed E-state index contributed by atoms with van der Waals surface area (Å²) in [6.07, 6.45) is 0. The van der Waals surface area contributed by atoms with Crippen molar-refractivity contribution < 1.29 is 22.7 Å². The first-order valence-corrected chi connectivity index (χ1v) is 9.97. The van der Waals surface area contributed by atoms with Crippen molar-refractivity contribution in [2.24, 2.45) is 0 Å². The van der Waals surface area contributed by atoms with E-state index < -0.39 is 10.0 Å². The van der Waals surface area contributed by atoms with E-state index in [1.165, 1.54) is 25.1 Å². The number of carbonyl (C=O) groups excluding carboxylic acids is 2. The molecule has 0 aliphatic carbocycles. The summed E-state index contributed by atoms with van der Waals surface area (Å²) in [5.41, 5.74) is 0.767. The summed E-state index contributed by atoms with van der Waals surface area (Å²) in [4.78, 5) is 25.9. The molecule has 1 N–H and O–H groups in total. The molecule has 0 saturated carbocycles. The van der Waals surface area contributed by atoms with Crippen LogP contribution in [0, 0.1) is 0 Å². The Labute approximate surface area is 158 Å². The van der Waals surface area contributed by atoms with Gasteiger partial charge in [0.15, 0.2) is 5.78 Å². The van der Waals surface area contributed by atoms with Crippen LogP contribution in [0.5, 0.6) is 0 Å². The Morgan fingerprint density at radius 1 is 1.04 bits per heavy atom. The highest BCUT2D eigenvalue weighted by Gasteiger charge is 2.23. The second-order valence-corrected chi connectivity index (χ2v) is 7.82. The molecule has 1 aliphatic rings. The molecule has 1 fully saturated rings. The number of ketones is 1. The Bertz CT molecular complexity index is 966. The molecule has 1 amide bonds. The second kappa shape index (κ2) is 7.89. The minimum Gasteiger partial charge on any atom is -0.378 e. The molecule has 8 heteroatoms. The number of nitrogens with zero attached hydrogens (tertiary/aromatic N) is 1. The van der Waals surface area contributed by atoms with Gasteiger partial charge < -0.3 is 9.64 Å². The average Bonchev–Trinajstić information content (AvgIpc) is 2.68. The van der Waals surface area contributed by atoms with E-state index in [9.17, 15) is 18.0 Å². The zero-order valence-electron chi connectivity index (χ0n) is 14.8. The van der Waals surface area contributed by atoms with Crippen LogP contribution >= 0.6 is 0 Å². The van der Waals surface area contributed by atoms with Crippen LogP contribution in [0.4, 0.5) is 5.69 Å². The zero-order valence-corrected chi connectivity index (χ0v) is 15.7. The van der Waals surface area contributed by atoms with Crippen molar-refractivity contribution in [3.05, 3.63) is 59.7 Å². The van der Waals surface area contributed by atoms with Crippen LogP contribution in [0.2, 0.25) is 0 Å². The molecule has 1 saturated heterocycles. The predicted molar refractivity (Wildman–Crippen MR) is 100 cm³/mol. The monoisotopic (exact) mass is 388 g/mol. The normalized spacial score (nSPS) is 14.6. The molecule has 1 heterocycles. The van der Waals surface area contributed by atoms with Crippen molar-refractivity contribution in [3.8, 4) is 0 Å². The van der Waals surface area contributed by atoms with Gasteiger partial charge in [0.2, 0.25) is 0 Å². The van der Waals surface area contributed by atoms with Gasteiger partial charge in [0.25, 0.3) is 15.9 Å². The summed E-state index contributed by atoms with van der Waals surface area (Å²) >= 11 is 0. The molecule has 0 unspecified atom stereocenters. The molecule has 1 aliphatic heterocycles. The van der Waals surface area contributed by atoms with Crippen LogP contribution in [-0.4, -0.2) is 51.3 Å². The minimum atomic E-state index is -3.95. The van der Waals surface area contributed by atoms with E-state index in [4.69, 9.17) is 4.74 Å². The quantitative estimate of drug-likeness (QED) is 0.793. The van der Waals surface area contributed by atoms with E-state index in [-0.39, 0.29) is 27.8 Å². The summed E-state index contributed by atoms with van der Waals surface area (Å²) in [5, 5.41) is 0. The number of para-hydroxylation sites is 1. The molecule has 0 bridgehead atoms. The fourth-order valence-corrected chi connectivity index (χ4v) is 3.91. The molecule has 7 nitrogen and oxygen atoms in total. The van der Waals surface area contributed by atoms with E-state index in [1.54, 1.807) is 35.2 Å².